The van der Waals surface area contributed by atoms with Gasteiger partial charge in [-0.15, -0.1) is 0 Å². The Morgan fingerprint density at radius 1 is 1.12 bits per heavy atom. The van der Waals surface area contributed by atoms with Gasteiger partial charge in [-0.05, 0) is 18.5 Å². The SMILES string of the molecule is Cn1cnc2c1c(=O)n(CCCNCc1ccccc1)c(=O)n2C. The molecule has 7 nitrogen and oxygen atoms in total. The zero-order valence-corrected chi connectivity index (χ0v) is 13.9. The summed E-state index contributed by atoms with van der Waals surface area (Å²) in [4.78, 5) is 29.0. The summed E-state index contributed by atoms with van der Waals surface area (Å²) < 4.78 is 4.36. The van der Waals surface area contributed by atoms with E-state index in [1.54, 1.807) is 25.0 Å². The zero-order valence-electron chi connectivity index (χ0n) is 13.9. The Labute approximate surface area is 139 Å². The number of aromatic nitrogens is 4. The zero-order chi connectivity index (χ0) is 17.1. The van der Waals surface area contributed by atoms with Crippen LogP contribution in [0, 0.1) is 0 Å². The van der Waals surface area contributed by atoms with Gasteiger partial charge in [0, 0.05) is 27.2 Å². The van der Waals surface area contributed by atoms with Crippen molar-refractivity contribution in [1.29, 1.82) is 0 Å². The Balaban J connectivity index is 1.68. The van der Waals surface area contributed by atoms with Crippen LogP contribution in [-0.2, 0) is 27.2 Å². The molecular weight excluding hydrogens is 306 g/mol. The van der Waals surface area contributed by atoms with Gasteiger partial charge in [0.2, 0.25) is 0 Å². The molecule has 3 aromatic rings. The second-order valence-electron chi connectivity index (χ2n) is 5.84. The van der Waals surface area contributed by atoms with E-state index in [9.17, 15) is 9.59 Å². The van der Waals surface area contributed by atoms with Crippen molar-refractivity contribution in [2.75, 3.05) is 6.54 Å². The molecule has 0 fully saturated rings. The molecule has 0 atom stereocenters. The van der Waals surface area contributed by atoms with Crippen molar-refractivity contribution >= 4 is 11.2 Å². The van der Waals surface area contributed by atoms with Crippen LogP contribution >= 0.6 is 0 Å². The minimum atomic E-state index is -0.325. The van der Waals surface area contributed by atoms with Crippen molar-refractivity contribution < 1.29 is 0 Å². The molecule has 0 aliphatic heterocycles. The van der Waals surface area contributed by atoms with Crippen molar-refractivity contribution in [3.63, 3.8) is 0 Å². The molecule has 1 N–H and O–H groups in total. The lowest BCUT2D eigenvalue weighted by molar-refractivity contribution is 0.541. The first-order chi connectivity index (χ1) is 11.6. The topological polar surface area (TPSA) is 73.8 Å². The van der Waals surface area contributed by atoms with E-state index in [0.29, 0.717) is 24.1 Å². The number of nitrogens with one attached hydrogen (secondary N) is 1. The lowest BCUT2D eigenvalue weighted by Crippen LogP contribution is -2.40. The first-order valence-electron chi connectivity index (χ1n) is 7.95. The number of hydrogen-bond donors (Lipinski definition) is 1. The van der Waals surface area contributed by atoms with E-state index in [2.05, 4.69) is 22.4 Å². The Morgan fingerprint density at radius 2 is 1.88 bits per heavy atom. The summed E-state index contributed by atoms with van der Waals surface area (Å²) in [5.74, 6) is 0. The molecule has 0 radical (unpaired) electrons. The van der Waals surface area contributed by atoms with E-state index in [0.717, 1.165) is 13.1 Å². The summed E-state index contributed by atoms with van der Waals surface area (Å²) in [7, 11) is 3.40. The molecule has 0 saturated heterocycles. The maximum absolute atomic E-state index is 12.5. The molecule has 0 aliphatic rings. The Morgan fingerprint density at radius 3 is 2.62 bits per heavy atom. The summed E-state index contributed by atoms with van der Waals surface area (Å²) in [5.41, 5.74) is 1.48. The molecule has 0 unspecified atom stereocenters. The van der Waals surface area contributed by atoms with Crippen LogP contribution in [0.5, 0.6) is 0 Å². The molecule has 24 heavy (non-hydrogen) atoms. The molecule has 0 spiro atoms. The average molecular weight is 327 g/mol. The summed E-state index contributed by atoms with van der Waals surface area (Å²) in [6.45, 7) is 1.89. The van der Waals surface area contributed by atoms with Crippen LogP contribution in [0.4, 0.5) is 0 Å². The molecule has 0 aliphatic carbocycles. The van der Waals surface area contributed by atoms with Gasteiger partial charge in [-0.2, -0.15) is 0 Å². The van der Waals surface area contributed by atoms with Crippen LogP contribution in [-0.4, -0.2) is 25.2 Å². The lowest BCUT2D eigenvalue weighted by Gasteiger charge is -2.09. The van der Waals surface area contributed by atoms with E-state index in [4.69, 9.17) is 0 Å². The number of benzene rings is 1. The van der Waals surface area contributed by atoms with Gasteiger partial charge in [0.15, 0.2) is 11.2 Å². The fraction of sp³-hybridized carbons (Fsp3) is 0.353. The number of imidazole rings is 1. The molecule has 3 rings (SSSR count). The van der Waals surface area contributed by atoms with Crippen molar-refractivity contribution in [3.05, 3.63) is 63.1 Å². The third kappa shape index (κ3) is 3.03. The highest BCUT2D eigenvalue weighted by molar-refractivity contribution is 5.69. The maximum Gasteiger partial charge on any atom is 0.332 e. The minimum Gasteiger partial charge on any atom is -0.328 e. The predicted molar refractivity (Wildman–Crippen MR) is 93.0 cm³/mol. The second-order valence-corrected chi connectivity index (χ2v) is 5.84. The average Bonchev–Trinajstić information content (AvgIpc) is 2.98. The number of rotatable bonds is 6. The van der Waals surface area contributed by atoms with Crippen molar-refractivity contribution in [1.82, 2.24) is 24.0 Å². The number of fused-ring (bicyclic) bond motifs is 1. The quantitative estimate of drug-likeness (QED) is 0.673. The lowest BCUT2D eigenvalue weighted by atomic mass is 10.2. The van der Waals surface area contributed by atoms with Crippen LogP contribution < -0.4 is 16.6 Å². The highest BCUT2D eigenvalue weighted by atomic mass is 16.2. The summed E-state index contributed by atoms with van der Waals surface area (Å²) >= 11 is 0. The van der Waals surface area contributed by atoms with Crippen LogP contribution in [0.1, 0.15) is 12.0 Å². The maximum atomic E-state index is 12.5. The van der Waals surface area contributed by atoms with Crippen molar-refractivity contribution in [2.24, 2.45) is 14.1 Å². The fourth-order valence-electron chi connectivity index (χ4n) is 2.78. The summed E-state index contributed by atoms with van der Waals surface area (Å²) in [6, 6.07) is 10.1. The van der Waals surface area contributed by atoms with E-state index < -0.39 is 0 Å². The summed E-state index contributed by atoms with van der Waals surface area (Å²) in [6.07, 6.45) is 2.25. The van der Waals surface area contributed by atoms with Gasteiger partial charge < -0.3 is 9.88 Å². The Bertz CT molecular complexity index is 953. The van der Waals surface area contributed by atoms with Gasteiger partial charge >= 0.3 is 5.69 Å². The van der Waals surface area contributed by atoms with Gasteiger partial charge in [-0.25, -0.2) is 9.78 Å². The molecule has 2 aromatic heterocycles. The molecule has 1 aromatic carbocycles. The van der Waals surface area contributed by atoms with E-state index in [1.807, 2.05) is 18.2 Å². The molecular formula is C17H21N5O2. The van der Waals surface area contributed by atoms with Crippen molar-refractivity contribution in [2.45, 2.75) is 19.5 Å². The standard InChI is InChI=1S/C17H21N5O2/c1-20-12-19-15-14(20)16(23)22(17(24)21(15)2)10-6-9-18-11-13-7-4-3-5-8-13/h3-5,7-8,12,18H,6,9-11H2,1-2H3. The molecule has 7 heteroatoms. The Kier molecular flexibility index (Phi) is 4.61. The van der Waals surface area contributed by atoms with E-state index in [-0.39, 0.29) is 11.2 Å². The van der Waals surface area contributed by atoms with Crippen LogP contribution in [0.25, 0.3) is 11.2 Å². The summed E-state index contributed by atoms with van der Waals surface area (Å²) in [5, 5.41) is 3.33. The molecule has 0 amide bonds. The number of nitrogens with zero attached hydrogens (tertiary/aromatic N) is 4. The molecule has 0 bridgehead atoms. The van der Waals surface area contributed by atoms with Gasteiger partial charge in [0.25, 0.3) is 5.56 Å². The van der Waals surface area contributed by atoms with E-state index in [1.165, 1.54) is 14.7 Å². The third-order valence-electron chi connectivity index (χ3n) is 4.11. The second kappa shape index (κ2) is 6.84. The van der Waals surface area contributed by atoms with Crippen LogP contribution in [0.15, 0.2) is 46.2 Å². The molecule has 0 saturated carbocycles. The first-order valence-corrected chi connectivity index (χ1v) is 7.95. The first kappa shape index (κ1) is 16.2. The van der Waals surface area contributed by atoms with Gasteiger partial charge in [0.05, 0.1) is 6.33 Å². The normalized spacial score (nSPS) is 11.2. The van der Waals surface area contributed by atoms with Gasteiger partial charge in [-0.1, -0.05) is 30.3 Å². The van der Waals surface area contributed by atoms with Crippen molar-refractivity contribution in [3.8, 4) is 0 Å². The molecule has 2 heterocycles. The predicted octanol–water partition coefficient (Wildman–Crippen LogP) is 0.614. The Hall–Kier alpha value is -2.67. The highest BCUT2D eigenvalue weighted by Gasteiger charge is 2.14. The van der Waals surface area contributed by atoms with E-state index >= 15 is 0 Å². The largest absolute Gasteiger partial charge is 0.332 e. The minimum absolute atomic E-state index is 0.281. The highest BCUT2D eigenvalue weighted by Crippen LogP contribution is 2.03. The smallest absolute Gasteiger partial charge is 0.328 e. The van der Waals surface area contributed by atoms with Gasteiger partial charge in [0.1, 0.15) is 0 Å². The third-order valence-corrected chi connectivity index (χ3v) is 4.11. The van der Waals surface area contributed by atoms with Gasteiger partial charge in [-0.3, -0.25) is 13.9 Å². The van der Waals surface area contributed by atoms with Crippen LogP contribution in [0.3, 0.4) is 0 Å². The number of hydrogen-bond acceptors (Lipinski definition) is 4. The van der Waals surface area contributed by atoms with Crippen LogP contribution in [0.2, 0.25) is 0 Å². The monoisotopic (exact) mass is 327 g/mol. The molecule has 126 valence electrons. The number of aryl methyl sites for hydroxylation is 2. The fourth-order valence-corrected chi connectivity index (χ4v) is 2.78.